The Labute approximate surface area is 212 Å². The van der Waals surface area contributed by atoms with Crippen molar-refractivity contribution in [3.05, 3.63) is 86.8 Å². The Balaban J connectivity index is 1.69. The van der Waals surface area contributed by atoms with Gasteiger partial charge in [0, 0.05) is 4.88 Å². The first-order chi connectivity index (χ1) is 17.2. The molecule has 36 heavy (non-hydrogen) atoms. The number of carbonyl (C=O) groups excluding carboxylic acids is 2. The van der Waals surface area contributed by atoms with Crippen LogP contribution in [-0.2, 0) is 16.1 Å². The second kappa shape index (κ2) is 11.8. The van der Waals surface area contributed by atoms with Gasteiger partial charge in [-0.05, 0) is 67.8 Å². The molecule has 0 fully saturated rings. The van der Waals surface area contributed by atoms with Crippen LogP contribution < -0.4 is 10.1 Å². The minimum atomic E-state index is -0.989. The average Bonchev–Trinajstić information content (AvgIpc) is 3.14. The quantitative estimate of drug-likeness (QED) is 0.228. The topological polar surface area (TPSA) is 126 Å². The van der Waals surface area contributed by atoms with Gasteiger partial charge in [-0.25, -0.2) is 9.59 Å². The number of thiophene rings is 1. The molecule has 1 heterocycles. The lowest BCUT2D eigenvalue weighted by Gasteiger charge is -2.08. The van der Waals surface area contributed by atoms with E-state index in [-0.39, 0.29) is 24.4 Å². The van der Waals surface area contributed by atoms with E-state index >= 15 is 0 Å². The fourth-order valence-corrected chi connectivity index (χ4v) is 4.26. The largest absolute Gasteiger partial charge is 0.489 e. The Morgan fingerprint density at radius 2 is 1.75 bits per heavy atom. The number of aromatic carboxylic acids is 1. The van der Waals surface area contributed by atoms with Crippen LogP contribution in [0.2, 0.25) is 0 Å². The zero-order valence-electron chi connectivity index (χ0n) is 20.0. The van der Waals surface area contributed by atoms with Gasteiger partial charge >= 0.3 is 11.9 Å². The van der Waals surface area contributed by atoms with Crippen molar-refractivity contribution in [3.8, 4) is 11.8 Å². The van der Waals surface area contributed by atoms with Gasteiger partial charge in [-0.1, -0.05) is 24.3 Å². The third kappa shape index (κ3) is 6.37. The third-order valence-electron chi connectivity index (χ3n) is 5.25. The number of nitrogens with zero attached hydrogens (tertiary/aromatic N) is 1. The molecule has 0 aliphatic rings. The molecular formula is C27H24N2O6S. The molecular weight excluding hydrogens is 480 g/mol. The Bertz CT molecular complexity index is 1350. The van der Waals surface area contributed by atoms with Crippen LogP contribution in [0.5, 0.6) is 5.75 Å². The number of nitrogens with one attached hydrogen (secondary N) is 1. The van der Waals surface area contributed by atoms with Gasteiger partial charge in [0.15, 0.2) is 0 Å². The lowest BCUT2D eigenvalue weighted by molar-refractivity contribution is -0.112. The number of nitriles is 1. The molecule has 0 saturated heterocycles. The molecule has 3 rings (SSSR count). The van der Waals surface area contributed by atoms with Gasteiger partial charge in [0.1, 0.15) is 29.0 Å². The van der Waals surface area contributed by atoms with Crippen molar-refractivity contribution >= 4 is 40.3 Å². The van der Waals surface area contributed by atoms with Crippen LogP contribution >= 0.6 is 11.3 Å². The van der Waals surface area contributed by atoms with Gasteiger partial charge in [0.05, 0.1) is 17.7 Å². The fourth-order valence-electron chi connectivity index (χ4n) is 3.22. The van der Waals surface area contributed by atoms with Crippen LogP contribution in [0.4, 0.5) is 5.00 Å². The highest BCUT2D eigenvalue weighted by atomic mass is 32.1. The van der Waals surface area contributed by atoms with Crippen LogP contribution in [-0.4, -0.2) is 29.6 Å². The zero-order chi connectivity index (χ0) is 26.2. The molecule has 0 aliphatic heterocycles. The normalized spacial score (nSPS) is 10.9. The molecule has 1 amide bonds. The number of hydrogen-bond acceptors (Lipinski definition) is 7. The average molecular weight is 505 g/mol. The van der Waals surface area contributed by atoms with Crippen molar-refractivity contribution in [1.29, 1.82) is 5.26 Å². The lowest BCUT2D eigenvalue weighted by Crippen LogP contribution is -2.16. The summed E-state index contributed by atoms with van der Waals surface area (Å²) in [6.45, 7) is 5.79. The number of esters is 1. The van der Waals surface area contributed by atoms with Crippen molar-refractivity contribution in [2.45, 2.75) is 27.4 Å². The molecule has 0 unspecified atom stereocenters. The maximum atomic E-state index is 12.8. The van der Waals surface area contributed by atoms with Crippen molar-refractivity contribution in [3.63, 3.8) is 0 Å². The van der Waals surface area contributed by atoms with Gasteiger partial charge in [-0.15, -0.1) is 11.3 Å². The van der Waals surface area contributed by atoms with Gasteiger partial charge in [-0.3, -0.25) is 4.79 Å². The highest BCUT2D eigenvalue weighted by Crippen LogP contribution is 2.33. The molecule has 0 bridgehead atoms. The van der Waals surface area contributed by atoms with Crippen LogP contribution in [0.1, 0.15) is 49.2 Å². The monoisotopic (exact) mass is 504 g/mol. The van der Waals surface area contributed by atoms with E-state index in [0.29, 0.717) is 21.9 Å². The van der Waals surface area contributed by atoms with E-state index in [1.54, 1.807) is 50.2 Å². The fraction of sp³-hybridized carbons (Fsp3) is 0.185. The Morgan fingerprint density at radius 1 is 1.08 bits per heavy atom. The summed E-state index contributed by atoms with van der Waals surface area (Å²) >= 11 is 1.25. The van der Waals surface area contributed by atoms with E-state index in [1.807, 2.05) is 13.0 Å². The highest BCUT2D eigenvalue weighted by molar-refractivity contribution is 7.16. The zero-order valence-corrected chi connectivity index (χ0v) is 20.8. The number of carboxylic acids is 1. The number of carboxylic acid groups (broad SMARTS) is 1. The van der Waals surface area contributed by atoms with Crippen LogP contribution in [0.15, 0.2) is 54.1 Å². The number of anilines is 1. The number of rotatable bonds is 9. The van der Waals surface area contributed by atoms with Crippen molar-refractivity contribution in [1.82, 2.24) is 0 Å². The number of amides is 1. The maximum absolute atomic E-state index is 12.8. The summed E-state index contributed by atoms with van der Waals surface area (Å²) in [5.41, 5.74) is 2.53. The first-order valence-electron chi connectivity index (χ1n) is 11.0. The standard InChI is InChI=1S/C27H24N2O6S/c1-4-34-27(33)23-16(2)17(3)36-25(23)29-24(30)21(14-28)13-18-7-11-22(12-8-18)35-15-19-5-9-20(10-6-19)26(31)32/h5-13H,4,15H2,1-3H3,(H,29,30)(H,31,32). The van der Waals surface area contributed by atoms with Crippen molar-refractivity contribution in [2.24, 2.45) is 0 Å². The second-order valence-corrected chi connectivity index (χ2v) is 8.92. The van der Waals surface area contributed by atoms with Crippen LogP contribution in [0.25, 0.3) is 6.08 Å². The smallest absolute Gasteiger partial charge is 0.341 e. The summed E-state index contributed by atoms with van der Waals surface area (Å²) in [5, 5.41) is 21.5. The van der Waals surface area contributed by atoms with Gasteiger partial charge in [-0.2, -0.15) is 5.26 Å². The summed E-state index contributed by atoms with van der Waals surface area (Å²) in [6.07, 6.45) is 1.45. The molecule has 0 radical (unpaired) electrons. The van der Waals surface area contributed by atoms with E-state index in [9.17, 15) is 19.6 Å². The summed E-state index contributed by atoms with van der Waals surface area (Å²) in [4.78, 5) is 36.9. The lowest BCUT2D eigenvalue weighted by atomic mass is 10.1. The summed E-state index contributed by atoms with van der Waals surface area (Å²) in [6, 6.07) is 15.1. The number of ether oxygens (including phenoxy) is 2. The van der Waals surface area contributed by atoms with Gasteiger partial charge in [0.2, 0.25) is 0 Å². The molecule has 2 aromatic carbocycles. The molecule has 3 aromatic rings. The van der Waals surface area contributed by atoms with E-state index in [2.05, 4.69) is 5.32 Å². The highest BCUT2D eigenvalue weighted by Gasteiger charge is 2.23. The molecule has 184 valence electrons. The van der Waals surface area contributed by atoms with Crippen molar-refractivity contribution < 1.29 is 29.0 Å². The Hall–Kier alpha value is -4.42. The molecule has 2 N–H and O–H groups in total. The predicted molar refractivity (Wildman–Crippen MR) is 136 cm³/mol. The molecule has 0 spiro atoms. The summed E-state index contributed by atoms with van der Waals surface area (Å²) in [5.74, 6) is -1.57. The number of carbonyl (C=O) groups is 3. The van der Waals surface area contributed by atoms with Crippen molar-refractivity contribution in [2.75, 3.05) is 11.9 Å². The molecule has 8 nitrogen and oxygen atoms in total. The van der Waals surface area contributed by atoms with E-state index in [0.717, 1.165) is 16.0 Å². The van der Waals surface area contributed by atoms with E-state index in [4.69, 9.17) is 14.6 Å². The maximum Gasteiger partial charge on any atom is 0.341 e. The van der Waals surface area contributed by atoms with Crippen LogP contribution in [0, 0.1) is 25.2 Å². The number of hydrogen-bond donors (Lipinski definition) is 2. The second-order valence-electron chi connectivity index (χ2n) is 7.69. The van der Waals surface area contributed by atoms with Crippen LogP contribution in [0.3, 0.4) is 0 Å². The molecule has 1 aromatic heterocycles. The first-order valence-corrected chi connectivity index (χ1v) is 11.8. The first kappa shape index (κ1) is 26.2. The van der Waals surface area contributed by atoms with Gasteiger partial charge < -0.3 is 19.9 Å². The van der Waals surface area contributed by atoms with E-state index < -0.39 is 17.8 Å². The predicted octanol–water partition coefficient (Wildman–Crippen LogP) is 5.36. The minimum Gasteiger partial charge on any atom is -0.489 e. The van der Waals surface area contributed by atoms with Gasteiger partial charge in [0.25, 0.3) is 5.91 Å². The third-order valence-corrected chi connectivity index (χ3v) is 6.38. The molecule has 0 atom stereocenters. The van der Waals surface area contributed by atoms with E-state index in [1.165, 1.54) is 29.5 Å². The number of benzene rings is 2. The summed E-state index contributed by atoms with van der Waals surface area (Å²) < 4.78 is 10.8. The Morgan fingerprint density at radius 3 is 2.33 bits per heavy atom. The SMILES string of the molecule is CCOC(=O)c1c(NC(=O)C(C#N)=Cc2ccc(OCc3ccc(C(=O)O)cc3)cc2)sc(C)c1C. The molecule has 0 aliphatic carbocycles. The Kier molecular flexibility index (Phi) is 8.60. The number of aryl methyl sites for hydroxylation is 1. The summed E-state index contributed by atoms with van der Waals surface area (Å²) in [7, 11) is 0. The molecule has 9 heteroatoms. The minimum absolute atomic E-state index is 0.124. The molecule has 0 saturated carbocycles.